The molecule has 1 N–H and O–H groups in total. The molecule has 1 aromatic carbocycles. The van der Waals surface area contributed by atoms with Gasteiger partial charge in [-0.2, -0.15) is 13.2 Å². The van der Waals surface area contributed by atoms with Gasteiger partial charge >= 0.3 is 6.18 Å². The minimum Gasteiger partial charge on any atom is -0.309 e. The molecule has 1 amide bonds. The lowest BCUT2D eigenvalue weighted by Crippen LogP contribution is -2.44. The number of anilines is 1. The summed E-state index contributed by atoms with van der Waals surface area (Å²) in [6.45, 7) is 4.16. The van der Waals surface area contributed by atoms with Crippen molar-refractivity contribution < 1.29 is 26.4 Å². The van der Waals surface area contributed by atoms with Gasteiger partial charge in [-0.05, 0) is 45.0 Å². The summed E-state index contributed by atoms with van der Waals surface area (Å²) in [4.78, 5) is 15.7. The van der Waals surface area contributed by atoms with Crippen molar-refractivity contribution in [1.82, 2.24) is 4.98 Å². The van der Waals surface area contributed by atoms with Gasteiger partial charge in [-0.3, -0.25) is 4.79 Å². The zero-order chi connectivity index (χ0) is 19.8. The molecule has 0 saturated heterocycles. The van der Waals surface area contributed by atoms with E-state index in [1.165, 1.54) is 26.0 Å². The van der Waals surface area contributed by atoms with Gasteiger partial charge in [0, 0.05) is 0 Å². The summed E-state index contributed by atoms with van der Waals surface area (Å²) in [5.74, 6) is -1.36. The van der Waals surface area contributed by atoms with Crippen LogP contribution in [0.25, 0.3) is 0 Å². The van der Waals surface area contributed by atoms with E-state index in [-0.39, 0.29) is 10.7 Å². The van der Waals surface area contributed by atoms with Crippen molar-refractivity contribution in [3.8, 4) is 0 Å². The lowest BCUT2D eigenvalue weighted by Gasteiger charge is -2.24. The molecule has 9 heteroatoms. The molecule has 0 fully saturated rings. The van der Waals surface area contributed by atoms with E-state index < -0.39 is 32.4 Å². The fourth-order valence-corrected chi connectivity index (χ4v) is 3.44. The van der Waals surface area contributed by atoms with Crippen LogP contribution in [0.2, 0.25) is 0 Å². The van der Waals surface area contributed by atoms with Crippen molar-refractivity contribution in [2.24, 2.45) is 0 Å². The number of hydrogen-bond donors (Lipinski definition) is 1. The molecule has 2 rings (SSSR count). The third kappa shape index (κ3) is 3.87. The maximum Gasteiger partial charge on any atom is 0.433 e. The minimum atomic E-state index is -4.68. The summed E-state index contributed by atoms with van der Waals surface area (Å²) in [5, 5.41) is 2.15. The van der Waals surface area contributed by atoms with Crippen LogP contribution in [0.15, 0.2) is 47.4 Å². The van der Waals surface area contributed by atoms with Gasteiger partial charge in [0.05, 0.1) is 4.90 Å². The van der Waals surface area contributed by atoms with Crippen LogP contribution < -0.4 is 5.32 Å². The molecule has 2 aromatic rings. The second-order valence-electron chi connectivity index (χ2n) is 6.19. The van der Waals surface area contributed by atoms with Crippen molar-refractivity contribution in [1.29, 1.82) is 0 Å². The zero-order valence-electron chi connectivity index (χ0n) is 14.3. The van der Waals surface area contributed by atoms with Gasteiger partial charge in [-0.25, -0.2) is 13.4 Å². The summed E-state index contributed by atoms with van der Waals surface area (Å²) >= 11 is 0. The maximum absolute atomic E-state index is 12.8. The molecule has 140 valence electrons. The summed E-state index contributed by atoms with van der Waals surface area (Å²) < 4.78 is 61.7. The number of benzene rings is 1. The second-order valence-corrected chi connectivity index (χ2v) is 8.69. The number of nitrogens with zero attached hydrogens (tertiary/aromatic N) is 1. The first kappa shape index (κ1) is 19.9. The van der Waals surface area contributed by atoms with Crippen LogP contribution in [0.1, 0.15) is 25.1 Å². The number of carbonyl (C=O) groups excluding carboxylic acids is 1. The van der Waals surface area contributed by atoms with Crippen LogP contribution in [0.4, 0.5) is 19.0 Å². The molecule has 1 aromatic heterocycles. The van der Waals surface area contributed by atoms with E-state index in [1.54, 1.807) is 19.1 Å². The van der Waals surface area contributed by atoms with Gasteiger partial charge < -0.3 is 5.32 Å². The highest BCUT2D eigenvalue weighted by Gasteiger charge is 2.43. The molecule has 0 spiro atoms. The van der Waals surface area contributed by atoms with Crippen LogP contribution in [0, 0.1) is 6.92 Å². The maximum atomic E-state index is 12.8. The van der Waals surface area contributed by atoms with Gasteiger partial charge in [-0.1, -0.05) is 23.8 Å². The first-order valence-corrected chi connectivity index (χ1v) is 9.01. The Kier molecular flexibility index (Phi) is 5.14. The topological polar surface area (TPSA) is 76.1 Å². The molecule has 0 aliphatic heterocycles. The highest BCUT2D eigenvalue weighted by Crippen LogP contribution is 2.30. The van der Waals surface area contributed by atoms with E-state index in [1.807, 2.05) is 0 Å². The molecule has 26 heavy (non-hydrogen) atoms. The second kappa shape index (κ2) is 6.71. The van der Waals surface area contributed by atoms with Crippen LogP contribution in [-0.4, -0.2) is 24.1 Å². The largest absolute Gasteiger partial charge is 0.433 e. The summed E-state index contributed by atoms with van der Waals surface area (Å²) in [7, 11) is -4.08. The van der Waals surface area contributed by atoms with E-state index >= 15 is 0 Å². The number of rotatable bonds is 4. The lowest BCUT2D eigenvalue weighted by atomic mass is 10.2. The Morgan fingerprint density at radius 1 is 1.04 bits per heavy atom. The van der Waals surface area contributed by atoms with E-state index in [0.29, 0.717) is 0 Å². The Morgan fingerprint density at radius 3 is 2.15 bits per heavy atom. The summed E-state index contributed by atoms with van der Waals surface area (Å²) in [6.07, 6.45) is -4.68. The van der Waals surface area contributed by atoms with Crippen molar-refractivity contribution in [3.63, 3.8) is 0 Å². The number of alkyl halides is 3. The molecule has 0 bridgehead atoms. The number of amides is 1. The molecular weight excluding hydrogens is 369 g/mol. The molecule has 0 aliphatic carbocycles. The molecule has 1 heterocycles. The molecule has 0 atom stereocenters. The van der Waals surface area contributed by atoms with E-state index in [0.717, 1.165) is 23.8 Å². The van der Waals surface area contributed by atoms with Crippen LogP contribution in [0.3, 0.4) is 0 Å². The lowest BCUT2D eigenvalue weighted by molar-refractivity contribution is -0.141. The SMILES string of the molecule is Cc1ccc(S(=O)(=O)C(C)(C)C(=O)Nc2cccc(C(F)(F)F)n2)cc1. The monoisotopic (exact) mass is 386 g/mol. The zero-order valence-corrected chi connectivity index (χ0v) is 15.1. The number of hydrogen-bond acceptors (Lipinski definition) is 4. The van der Waals surface area contributed by atoms with Gasteiger partial charge in [0.2, 0.25) is 5.91 Å². The van der Waals surface area contributed by atoms with Crippen molar-refractivity contribution >= 4 is 21.6 Å². The smallest absolute Gasteiger partial charge is 0.309 e. The number of pyridine rings is 1. The van der Waals surface area contributed by atoms with E-state index in [9.17, 15) is 26.4 Å². The van der Waals surface area contributed by atoms with Crippen molar-refractivity contribution in [3.05, 3.63) is 53.7 Å². The van der Waals surface area contributed by atoms with Crippen LogP contribution >= 0.6 is 0 Å². The minimum absolute atomic E-state index is 0.0553. The van der Waals surface area contributed by atoms with Gasteiger partial charge in [0.15, 0.2) is 9.84 Å². The Bertz CT molecular complexity index is 921. The quantitative estimate of drug-likeness (QED) is 0.871. The predicted octanol–water partition coefficient (Wildman–Crippen LogP) is 3.60. The number of nitrogens with one attached hydrogen (secondary N) is 1. The first-order chi connectivity index (χ1) is 11.9. The number of sulfone groups is 1. The Hall–Kier alpha value is -2.42. The summed E-state index contributed by atoms with van der Waals surface area (Å²) in [6, 6.07) is 8.92. The average Bonchev–Trinajstić information content (AvgIpc) is 2.54. The molecule has 0 aliphatic rings. The van der Waals surface area contributed by atoms with Crippen LogP contribution in [0.5, 0.6) is 0 Å². The normalized spacial score (nSPS) is 12.7. The Morgan fingerprint density at radius 2 is 1.62 bits per heavy atom. The molecule has 0 radical (unpaired) electrons. The van der Waals surface area contributed by atoms with E-state index in [4.69, 9.17) is 0 Å². The number of halogens is 3. The van der Waals surface area contributed by atoms with Crippen molar-refractivity contribution in [2.45, 2.75) is 36.6 Å². The highest BCUT2D eigenvalue weighted by molar-refractivity contribution is 7.93. The molecule has 0 unspecified atom stereocenters. The summed E-state index contributed by atoms with van der Waals surface area (Å²) in [5.41, 5.74) is -0.339. The Balaban J connectivity index is 2.32. The van der Waals surface area contributed by atoms with Crippen molar-refractivity contribution in [2.75, 3.05) is 5.32 Å². The van der Waals surface area contributed by atoms with Gasteiger partial charge in [-0.15, -0.1) is 0 Å². The highest BCUT2D eigenvalue weighted by atomic mass is 32.2. The average molecular weight is 386 g/mol. The number of aryl methyl sites for hydroxylation is 1. The standard InChI is InChI=1S/C17H17F3N2O3S/c1-11-7-9-12(10-8-11)26(24,25)16(2,3)15(23)22-14-6-4-5-13(21-14)17(18,19)20/h4-10H,1-3H3,(H,21,22,23). The Labute approximate surface area is 149 Å². The fourth-order valence-electron chi connectivity index (χ4n) is 2.06. The predicted molar refractivity (Wildman–Crippen MR) is 90.3 cm³/mol. The van der Waals surface area contributed by atoms with Gasteiger partial charge in [0.25, 0.3) is 0 Å². The number of aromatic nitrogens is 1. The number of carbonyl (C=O) groups is 1. The van der Waals surface area contributed by atoms with Crippen LogP contribution in [-0.2, 0) is 20.8 Å². The fraction of sp³-hybridized carbons (Fsp3) is 0.294. The third-order valence-electron chi connectivity index (χ3n) is 3.83. The molecule has 5 nitrogen and oxygen atoms in total. The first-order valence-electron chi connectivity index (χ1n) is 7.53. The molecular formula is C17H17F3N2O3S. The van der Waals surface area contributed by atoms with E-state index in [2.05, 4.69) is 10.3 Å². The molecule has 0 saturated carbocycles. The third-order valence-corrected chi connectivity index (χ3v) is 6.25. The van der Waals surface area contributed by atoms with Gasteiger partial charge in [0.1, 0.15) is 16.3 Å².